The van der Waals surface area contributed by atoms with Crippen molar-refractivity contribution in [2.45, 2.75) is 96.2 Å². The molecular formula is C28H47N3O8. The number of amides is 3. The Hall–Kier alpha value is -2.21. The maximum Gasteiger partial charge on any atom is 0.414 e. The maximum absolute atomic E-state index is 12.7. The number of rotatable bonds is 15. The van der Waals surface area contributed by atoms with Gasteiger partial charge in [-0.25, -0.2) is 9.59 Å². The van der Waals surface area contributed by atoms with E-state index in [1.165, 1.54) is 5.57 Å². The maximum atomic E-state index is 12.7. The quantitative estimate of drug-likeness (QED) is 0.178. The molecule has 3 rings (SSSR count). The Bertz CT molecular complexity index is 858. The fourth-order valence-electron chi connectivity index (χ4n) is 5.39. The first-order chi connectivity index (χ1) is 18.7. The summed E-state index contributed by atoms with van der Waals surface area (Å²) in [4.78, 5) is 38.9. The van der Waals surface area contributed by atoms with E-state index in [9.17, 15) is 14.4 Å². The van der Waals surface area contributed by atoms with Crippen molar-refractivity contribution in [1.82, 2.24) is 15.5 Å². The number of alkyl carbamates (subject to hydrolysis) is 2. The normalized spacial score (nSPS) is 29.0. The fraction of sp³-hybridized carbons (Fsp3) is 0.821. The van der Waals surface area contributed by atoms with E-state index in [-0.39, 0.29) is 36.4 Å². The summed E-state index contributed by atoms with van der Waals surface area (Å²) in [7, 11) is 1.61. The number of hydrogen-bond acceptors (Lipinski definition) is 9. The minimum atomic E-state index is -0.787. The molecule has 6 unspecified atom stereocenters. The van der Waals surface area contributed by atoms with Crippen molar-refractivity contribution in [3.8, 4) is 0 Å². The van der Waals surface area contributed by atoms with Crippen molar-refractivity contribution in [2.75, 3.05) is 46.5 Å². The molecular weight excluding hydrogens is 506 g/mol. The Morgan fingerprint density at radius 2 is 1.90 bits per heavy atom. The summed E-state index contributed by atoms with van der Waals surface area (Å²) >= 11 is 0. The molecule has 1 saturated carbocycles. The van der Waals surface area contributed by atoms with Crippen LogP contribution in [0.25, 0.3) is 0 Å². The van der Waals surface area contributed by atoms with Gasteiger partial charge < -0.3 is 29.0 Å². The van der Waals surface area contributed by atoms with Gasteiger partial charge in [0, 0.05) is 26.1 Å². The zero-order chi connectivity index (χ0) is 28.4. The van der Waals surface area contributed by atoms with E-state index in [0.29, 0.717) is 39.3 Å². The number of ether oxygens (including phenoxy) is 5. The smallest absolute Gasteiger partial charge is 0.414 e. The van der Waals surface area contributed by atoms with Crippen molar-refractivity contribution in [2.24, 2.45) is 5.92 Å². The van der Waals surface area contributed by atoms with Crippen molar-refractivity contribution < 1.29 is 38.1 Å². The zero-order valence-electron chi connectivity index (χ0n) is 24.2. The SMILES string of the molecule is CCCCOC(=O)NCCN(CCC)CC(=O)NC(=O)OC1CCC2(CO2)C(C2OC2CC=C(C)C)C1OC. The lowest BCUT2D eigenvalue weighted by molar-refractivity contribution is -0.124. The topological polar surface area (TPSA) is 131 Å². The number of epoxide rings is 2. The van der Waals surface area contributed by atoms with E-state index in [1.807, 2.05) is 18.7 Å². The van der Waals surface area contributed by atoms with Crippen LogP contribution < -0.4 is 10.6 Å². The molecule has 0 aromatic heterocycles. The lowest BCUT2D eigenvalue weighted by Crippen LogP contribution is -2.53. The average molecular weight is 554 g/mol. The molecule has 3 amide bonds. The van der Waals surface area contributed by atoms with Crippen LogP contribution in [-0.2, 0) is 28.5 Å². The molecule has 0 radical (unpaired) electrons. The molecule has 2 N–H and O–H groups in total. The van der Waals surface area contributed by atoms with Gasteiger partial charge in [-0.3, -0.25) is 15.0 Å². The minimum absolute atomic E-state index is 0.00933. The molecule has 0 aromatic rings. The van der Waals surface area contributed by atoms with Crippen LogP contribution in [0.1, 0.15) is 66.2 Å². The van der Waals surface area contributed by atoms with E-state index in [0.717, 1.165) is 32.1 Å². The third kappa shape index (κ3) is 9.44. The molecule has 11 heteroatoms. The van der Waals surface area contributed by atoms with Gasteiger partial charge in [0.25, 0.3) is 0 Å². The Balaban J connectivity index is 1.46. The molecule has 2 aliphatic heterocycles. The van der Waals surface area contributed by atoms with Crippen LogP contribution in [-0.4, -0.2) is 99.5 Å². The van der Waals surface area contributed by atoms with Gasteiger partial charge in [0.1, 0.15) is 12.2 Å². The van der Waals surface area contributed by atoms with Gasteiger partial charge in [0.2, 0.25) is 5.91 Å². The number of hydrogen-bond donors (Lipinski definition) is 2. The highest BCUT2D eigenvalue weighted by atomic mass is 16.6. The molecule has 11 nitrogen and oxygen atoms in total. The molecule has 1 spiro atoms. The lowest BCUT2D eigenvalue weighted by atomic mass is 9.73. The van der Waals surface area contributed by atoms with E-state index in [2.05, 4.69) is 30.6 Å². The van der Waals surface area contributed by atoms with Gasteiger partial charge in [-0.1, -0.05) is 31.9 Å². The molecule has 3 aliphatic rings. The van der Waals surface area contributed by atoms with Crippen LogP contribution >= 0.6 is 0 Å². The van der Waals surface area contributed by atoms with Crippen LogP contribution in [0.3, 0.4) is 0 Å². The highest BCUT2D eigenvalue weighted by Crippen LogP contribution is 2.54. The van der Waals surface area contributed by atoms with Crippen molar-refractivity contribution >= 4 is 18.1 Å². The highest BCUT2D eigenvalue weighted by molar-refractivity contribution is 5.92. The zero-order valence-corrected chi connectivity index (χ0v) is 24.2. The van der Waals surface area contributed by atoms with Crippen LogP contribution in [0.2, 0.25) is 0 Å². The summed E-state index contributed by atoms with van der Waals surface area (Å²) in [6.45, 7) is 10.6. The molecule has 3 fully saturated rings. The van der Waals surface area contributed by atoms with Gasteiger partial charge in [0.15, 0.2) is 0 Å². The van der Waals surface area contributed by atoms with E-state index in [4.69, 9.17) is 23.7 Å². The third-order valence-corrected chi connectivity index (χ3v) is 7.54. The average Bonchev–Trinajstić information content (AvgIpc) is 3.81. The Kier molecular flexibility index (Phi) is 12.0. The molecule has 0 aromatic carbocycles. The molecule has 2 heterocycles. The summed E-state index contributed by atoms with van der Waals surface area (Å²) in [5, 5.41) is 5.04. The van der Waals surface area contributed by atoms with Crippen LogP contribution in [0, 0.1) is 5.92 Å². The predicted octanol–water partition coefficient (Wildman–Crippen LogP) is 3.16. The minimum Gasteiger partial charge on any atom is -0.450 e. The molecule has 0 bridgehead atoms. The molecule has 6 atom stereocenters. The van der Waals surface area contributed by atoms with E-state index in [1.54, 1.807) is 7.11 Å². The number of nitrogens with zero attached hydrogens (tertiary/aromatic N) is 1. The van der Waals surface area contributed by atoms with Crippen molar-refractivity contribution in [3.63, 3.8) is 0 Å². The fourth-order valence-corrected chi connectivity index (χ4v) is 5.39. The van der Waals surface area contributed by atoms with Crippen LogP contribution in [0.15, 0.2) is 11.6 Å². The van der Waals surface area contributed by atoms with Gasteiger partial charge >= 0.3 is 12.2 Å². The first-order valence-electron chi connectivity index (χ1n) is 14.3. The van der Waals surface area contributed by atoms with Crippen molar-refractivity contribution in [3.05, 3.63) is 11.6 Å². The number of carbonyl (C=O) groups excluding carboxylic acids is 3. The van der Waals surface area contributed by atoms with E-state index >= 15 is 0 Å². The second-order valence-electron chi connectivity index (χ2n) is 11.0. The highest BCUT2D eigenvalue weighted by Gasteiger charge is 2.66. The predicted molar refractivity (Wildman–Crippen MR) is 144 cm³/mol. The lowest BCUT2D eigenvalue weighted by Gasteiger charge is -2.39. The first-order valence-corrected chi connectivity index (χ1v) is 14.3. The standard InChI is InChI=1S/C28H47N3O8/c1-6-8-16-36-26(33)29-13-15-31(14-7-2)17-22(32)30-27(34)39-21-11-12-28(18-37-28)23(24(21)35-5)25-20(38-25)10-9-19(3)4/h9,20-21,23-25H,6-8,10-18H2,1-5H3,(H,29,33)(H,30,32,34). The van der Waals surface area contributed by atoms with Gasteiger partial charge in [-0.05, 0) is 52.5 Å². The molecule has 222 valence electrons. The summed E-state index contributed by atoms with van der Waals surface area (Å²) in [5.74, 6) is -0.504. The largest absolute Gasteiger partial charge is 0.450 e. The van der Waals surface area contributed by atoms with Gasteiger partial charge in [-0.2, -0.15) is 0 Å². The first kappa shape index (κ1) is 31.3. The number of methoxy groups -OCH3 is 1. The Morgan fingerprint density at radius 3 is 2.54 bits per heavy atom. The second kappa shape index (κ2) is 15.0. The van der Waals surface area contributed by atoms with Gasteiger partial charge in [0.05, 0.1) is 37.6 Å². The number of allylic oxidation sites excluding steroid dienone is 1. The van der Waals surface area contributed by atoms with Crippen LogP contribution in [0.4, 0.5) is 9.59 Å². The number of unbranched alkanes of at least 4 members (excludes halogenated alkanes) is 1. The number of carbonyl (C=O) groups is 3. The summed E-state index contributed by atoms with van der Waals surface area (Å²) < 4.78 is 28.5. The Morgan fingerprint density at radius 1 is 1.13 bits per heavy atom. The van der Waals surface area contributed by atoms with E-state index < -0.39 is 24.2 Å². The number of imide groups is 1. The summed E-state index contributed by atoms with van der Waals surface area (Å²) in [5.41, 5.74) is 0.962. The molecule has 39 heavy (non-hydrogen) atoms. The van der Waals surface area contributed by atoms with Crippen molar-refractivity contribution in [1.29, 1.82) is 0 Å². The molecule has 1 aliphatic carbocycles. The number of nitrogens with one attached hydrogen (secondary N) is 2. The second-order valence-corrected chi connectivity index (χ2v) is 11.0. The summed E-state index contributed by atoms with van der Waals surface area (Å²) in [6, 6.07) is 0. The Labute approximate surface area is 232 Å². The summed E-state index contributed by atoms with van der Waals surface area (Å²) in [6.07, 6.45) is 4.87. The third-order valence-electron chi connectivity index (χ3n) is 7.54. The molecule has 2 saturated heterocycles. The van der Waals surface area contributed by atoms with Crippen LogP contribution in [0.5, 0.6) is 0 Å². The van der Waals surface area contributed by atoms with Gasteiger partial charge in [-0.15, -0.1) is 0 Å². The monoisotopic (exact) mass is 553 g/mol.